The first-order valence-corrected chi connectivity index (χ1v) is 11.9. The highest BCUT2D eigenvalue weighted by Gasteiger charge is 2.14. The number of nitrogens with zero attached hydrogens (tertiary/aromatic N) is 3. The maximum absolute atomic E-state index is 12.7. The van der Waals surface area contributed by atoms with E-state index in [1.54, 1.807) is 48.5 Å². The predicted molar refractivity (Wildman–Crippen MR) is 128 cm³/mol. The minimum atomic E-state index is -3.70. The van der Waals surface area contributed by atoms with Crippen LogP contribution in [0.3, 0.4) is 0 Å². The summed E-state index contributed by atoms with van der Waals surface area (Å²) in [5, 5.41) is 3.22. The molecule has 0 spiro atoms. The van der Waals surface area contributed by atoms with Gasteiger partial charge in [-0.1, -0.05) is 13.3 Å². The molecule has 0 aliphatic heterocycles. The first kappa shape index (κ1) is 23.3. The van der Waals surface area contributed by atoms with Crippen LogP contribution >= 0.6 is 0 Å². The monoisotopic (exact) mass is 455 g/mol. The Morgan fingerprint density at radius 3 is 2.25 bits per heavy atom. The van der Waals surface area contributed by atoms with Gasteiger partial charge in [0, 0.05) is 31.5 Å². The lowest BCUT2D eigenvalue weighted by Gasteiger charge is -2.14. The number of sulfonamides is 1. The number of hydrogen-bond acceptors (Lipinski definition) is 7. The van der Waals surface area contributed by atoms with E-state index in [1.807, 2.05) is 32.0 Å². The summed E-state index contributed by atoms with van der Waals surface area (Å²) in [6.07, 6.45) is 2.00. The molecule has 0 saturated heterocycles. The number of aromatic nitrogens is 2. The van der Waals surface area contributed by atoms with Crippen LogP contribution in [-0.2, 0) is 10.0 Å². The summed E-state index contributed by atoms with van der Waals surface area (Å²) in [6, 6.07) is 15.2. The molecule has 32 heavy (non-hydrogen) atoms. The number of unbranched alkanes of at least 4 members (excludes halogenated alkanes) is 1. The van der Waals surface area contributed by atoms with Crippen molar-refractivity contribution in [1.82, 2.24) is 9.97 Å². The van der Waals surface area contributed by atoms with Gasteiger partial charge in [0.25, 0.3) is 10.0 Å². The number of anilines is 4. The van der Waals surface area contributed by atoms with Crippen LogP contribution in [0.25, 0.3) is 0 Å². The zero-order valence-electron chi connectivity index (χ0n) is 18.8. The molecule has 0 unspecified atom stereocenters. The Morgan fingerprint density at radius 1 is 0.969 bits per heavy atom. The van der Waals surface area contributed by atoms with Crippen molar-refractivity contribution in [3.05, 3.63) is 60.4 Å². The van der Waals surface area contributed by atoms with Gasteiger partial charge < -0.3 is 15.0 Å². The Morgan fingerprint density at radius 2 is 1.62 bits per heavy atom. The molecule has 170 valence electrons. The van der Waals surface area contributed by atoms with E-state index in [0.29, 0.717) is 29.7 Å². The van der Waals surface area contributed by atoms with Crippen LogP contribution in [0.2, 0.25) is 0 Å². The molecule has 1 heterocycles. The van der Waals surface area contributed by atoms with Crippen molar-refractivity contribution in [1.29, 1.82) is 0 Å². The van der Waals surface area contributed by atoms with E-state index in [1.165, 1.54) is 0 Å². The third kappa shape index (κ3) is 6.34. The van der Waals surface area contributed by atoms with Gasteiger partial charge in [-0.25, -0.2) is 18.4 Å². The lowest BCUT2D eigenvalue weighted by molar-refractivity contribution is 0.309. The van der Waals surface area contributed by atoms with Gasteiger partial charge in [-0.3, -0.25) is 4.72 Å². The standard InChI is InChI=1S/C23H29N5O3S/c1-5-6-15-31-20-11-13-21(14-12-20)32(29,30)27-19-9-7-18(8-10-19)26-22-16-23(28(3)4)25-17(2)24-22/h7-14,16,27H,5-6,15H2,1-4H3,(H,24,25,26). The summed E-state index contributed by atoms with van der Waals surface area (Å²) < 4.78 is 33.6. The third-order valence-corrected chi connectivity index (χ3v) is 5.99. The van der Waals surface area contributed by atoms with Gasteiger partial charge >= 0.3 is 0 Å². The van der Waals surface area contributed by atoms with E-state index in [0.717, 1.165) is 24.3 Å². The first-order valence-electron chi connectivity index (χ1n) is 10.4. The van der Waals surface area contributed by atoms with Gasteiger partial charge in [-0.2, -0.15) is 0 Å². The van der Waals surface area contributed by atoms with Crippen LogP contribution in [-0.4, -0.2) is 39.1 Å². The second-order valence-electron chi connectivity index (χ2n) is 7.53. The molecule has 2 N–H and O–H groups in total. The molecule has 0 atom stereocenters. The van der Waals surface area contributed by atoms with Crippen LogP contribution in [0.1, 0.15) is 25.6 Å². The van der Waals surface area contributed by atoms with Crippen LogP contribution in [0.5, 0.6) is 5.75 Å². The number of rotatable bonds is 10. The maximum atomic E-state index is 12.7. The predicted octanol–water partition coefficient (Wildman–Crippen LogP) is 4.57. The van der Waals surface area contributed by atoms with Gasteiger partial charge in [0.2, 0.25) is 0 Å². The molecule has 9 heteroatoms. The number of hydrogen-bond donors (Lipinski definition) is 2. The summed E-state index contributed by atoms with van der Waals surface area (Å²) in [5.74, 6) is 2.78. The van der Waals surface area contributed by atoms with Crippen molar-refractivity contribution in [2.24, 2.45) is 0 Å². The number of ether oxygens (including phenoxy) is 1. The Kier molecular flexibility index (Phi) is 7.53. The molecular formula is C23H29N5O3S. The molecule has 8 nitrogen and oxygen atoms in total. The van der Waals surface area contributed by atoms with E-state index in [9.17, 15) is 8.42 Å². The molecule has 2 aromatic carbocycles. The van der Waals surface area contributed by atoms with Crippen molar-refractivity contribution in [3.8, 4) is 5.75 Å². The Bertz CT molecular complexity index is 1130. The largest absolute Gasteiger partial charge is 0.494 e. The van der Waals surface area contributed by atoms with Crippen molar-refractivity contribution >= 4 is 33.0 Å². The molecule has 1 aromatic heterocycles. The molecule has 0 bridgehead atoms. The Labute approximate surface area is 189 Å². The summed E-state index contributed by atoms with van der Waals surface area (Å²) in [4.78, 5) is 10.8. The molecule has 0 aliphatic rings. The maximum Gasteiger partial charge on any atom is 0.261 e. The second kappa shape index (κ2) is 10.3. The normalized spacial score (nSPS) is 11.1. The van der Waals surface area contributed by atoms with Crippen molar-refractivity contribution in [2.75, 3.05) is 35.6 Å². The molecule has 0 saturated carbocycles. The smallest absolute Gasteiger partial charge is 0.261 e. The summed E-state index contributed by atoms with van der Waals surface area (Å²) in [5.41, 5.74) is 1.25. The molecular weight excluding hydrogens is 426 g/mol. The summed E-state index contributed by atoms with van der Waals surface area (Å²) in [6.45, 7) is 4.54. The van der Waals surface area contributed by atoms with Gasteiger partial charge in [0.1, 0.15) is 23.2 Å². The molecule has 0 fully saturated rings. The van der Waals surface area contributed by atoms with E-state index in [4.69, 9.17) is 4.74 Å². The van der Waals surface area contributed by atoms with Crippen molar-refractivity contribution in [2.45, 2.75) is 31.6 Å². The lowest BCUT2D eigenvalue weighted by atomic mass is 10.3. The van der Waals surface area contributed by atoms with Crippen LogP contribution < -0.4 is 19.7 Å². The highest BCUT2D eigenvalue weighted by atomic mass is 32.2. The molecule has 0 amide bonds. The average molecular weight is 456 g/mol. The van der Waals surface area contributed by atoms with Gasteiger partial charge in [0.15, 0.2) is 0 Å². The number of aryl methyl sites for hydroxylation is 1. The molecule has 0 radical (unpaired) electrons. The highest BCUT2D eigenvalue weighted by molar-refractivity contribution is 7.92. The molecule has 0 aliphatic carbocycles. The van der Waals surface area contributed by atoms with Crippen LogP contribution in [0, 0.1) is 6.92 Å². The summed E-state index contributed by atoms with van der Waals surface area (Å²) in [7, 11) is 0.132. The fourth-order valence-corrected chi connectivity index (χ4v) is 3.94. The van der Waals surface area contributed by atoms with Crippen LogP contribution in [0.15, 0.2) is 59.5 Å². The Hall–Kier alpha value is -3.33. The fraction of sp³-hybridized carbons (Fsp3) is 0.304. The van der Waals surface area contributed by atoms with Gasteiger partial charge in [0.05, 0.1) is 11.5 Å². The zero-order valence-corrected chi connectivity index (χ0v) is 19.6. The van der Waals surface area contributed by atoms with Crippen molar-refractivity contribution in [3.63, 3.8) is 0 Å². The van der Waals surface area contributed by atoms with Crippen LogP contribution in [0.4, 0.5) is 23.0 Å². The topological polar surface area (TPSA) is 96.5 Å². The lowest BCUT2D eigenvalue weighted by Crippen LogP contribution is -2.13. The SMILES string of the molecule is CCCCOc1ccc(S(=O)(=O)Nc2ccc(Nc3cc(N(C)C)nc(C)n3)cc2)cc1. The first-order chi connectivity index (χ1) is 15.3. The van der Waals surface area contributed by atoms with Crippen molar-refractivity contribution < 1.29 is 13.2 Å². The molecule has 3 rings (SSSR count). The minimum absolute atomic E-state index is 0.176. The minimum Gasteiger partial charge on any atom is -0.494 e. The van der Waals surface area contributed by atoms with E-state index >= 15 is 0 Å². The second-order valence-corrected chi connectivity index (χ2v) is 9.22. The van der Waals surface area contributed by atoms with E-state index < -0.39 is 10.0 Å². The average Bonchev–Trinajstić information content (AvgIpc) is 2.75. The fourth-order valence-electron chi connectivity index (χ4n) is 2.88. The third-order valence-electron chi connectivity index (χ3n) is 4.59. The number of nitrogens with one attached hydrogen (secondary N) is 2. The van der Waals surface area contributed by atoms with Gasteiger partial charge in [-0.05, 0) is 61.9 Å². The van der Waals surface area contributed by atoms with Gasteiger partial charge in [-0.15, -0.1) is 0 Å². The Balaban J connectivity index is 1.66. The molecule has 3 aromatic rings. The highest BCUT2D eigenvalue weighted by Crippen LogP contribution is 2.23. The van der Waals surface area contributed by atoms with E-state index in [2.05, 4.69) is 26.9 Å². The summed E-state index contributed by atoms with van der Waals surface area (Å²) >= 11 is 0. The zero-order chi connectivity index (χ0) is 23.1. The van der Waals surface area contributed by atoms with E-state index in [-0.39, 0.29) is 4.90 Å². The number of benzene rings is 2. The quantitative estimate of drug-likeness (QED) is 0.432.